The van der Waals surface area contributed by atoms with E-state index < -0.39 is 0 Å². The Morgan fingerprint density at radius 1 is 1.56 bits per heavy atom. The van der Waals surface area contributed by atoms with Crippen LogP contribution in [0.25, 0.3) is 0 Å². The Morgan fingerprint density at radius 2 is 2.31 bits per heavy atom. The second-order valence-corrected chi connectivity index (χ2v) is 4.28. The summed E-state index contributed by atoms with van der Waals surface area (Å²) in [6.07, 6.45) is 0.0733. The molecule has 0 radical (unpaired) electrons. The average molecular weight is 224 g/mol. The molecule has 5 nitrogen and oxygen atoms in total. The normalized spacial score (nSPS) is 25.8. The van der Waals surface area contributed by atoms with Gasteiger partial charge in [-0.25, -0.2) is 0 Å². The van der Waals surface area contributed by atoms with E-state index in [1.165, 1.54) is 0 Å². The third kappa shape index (κ3) is 2.09. The Balaban J connectivity index is 2.14. The van der Waals surface area contributed by atoms with Crippen LogP contribution in [0.15, 0.2) is 10.6 Å². The van der Waals surface area contributed by atoms with E-state index in [-0.39, 0.29) is 18.1 Å². The Labute approximate surface area is 94.3 Å². The van der Waals surface area contributed by atoms with Gasteiger partial charge in [-0.05, 0) is 20.8 Å². The van der Waals surface area contributed by atoms with Crippen molar-refractivity contribution in [2.75, 3.05) is 13.2 Å². The number of hydrogen-bond donors (Lipinski definition) is 0. The average Bonchev–Trinajstić information content (AvgIpc) is 2.67. The lowest BCUT2D eigenvalue weighted by Crippen LogP contribution is -2.50. The smallest absolute Gasteiger partial charge is 0.292 e. The molecule has 1 aromatic rings. The zero-order chi connectivity index (χ0) is 11.7. The molecule has 0 N–H and O–H groups in total. The van der Waals surface area contributed by atoms with Gasteiger partial charge in [0.1, 0.15) is 0 Å². The molecule has 2 atom stereocenters. The lowest BCUT2D eigenvalue weighted by atomic mass is 10.2. The number of hydrogen-bond acceptors (Lipinski definition) is 4. The van der Waals surface area contributed by atoms with Crippen LogP contribution in [-0.4, -0.2) is 41.3 Å². The third-order valence-electron chi connectivity index (χ3n) is 2.71. The summed E-state index contributed by atoms with van der Waals surface area (Å²) in [6, 6.07) is 1.74. The van der Waals surface area contributed by atoms with Gasteiger partial charge in [0.05, 0.1) is 24.4 Å². The van der Waals surface area contributed by atoms with Gasteiger partial charge in [-0.15, -0.1) is 0 Å². The van der Waals surface area contributed by atoms with Crippen molar-refractivity contribution < 1.29 is 14.1 Å². The number of carbonyl (C=O) groups is 1. The van der Waals surface area contributed by atoms with E-state index in [0.29, 0.717) is 18.9 Å². The van der Waals surface area contributed by atoms with E-state index >= 15 is 0 Å². The zero-order valence-corrected chi connectivity index (χ0v) is 9.77. The topological polar surface area (TPSA) is 55.6 Å². The maximum Gasteiger partial charge on any atom is 0.292 e. The van der Waals surface area contributed by atoms with E-state index in [1.54, 1.807) is 17.9 Å². The first kappa shape index (κ1) is 11.1. The first-order chi connectivity index (χ1) is 7.58. The van der Waals surface area contributed by atoms with Gasteiger partial charge in [0, 0.05) is 12.6 Å². The minimum atomic E-state index is -0.108. The first-order valence-electron chi connectivity index (χ1n) is 5.44. The van der Waals surface area contributed by atoms with E-state index in [9.17, 15) is 4.79 Å². The summed E-state index contributed by atoms with van der Waals surface area (Å²) in [5, 5.41) is 3.72. The van der Waals surface area contributed by atoms with Crippen LogP contribution in [0.5, 0.6) is 0 Å². The number of amides is 1. The van der Waals surface area contributed by atoms with Crippen LogP contribution in [0.1, 0.15) is 30.1 Å². The summed E-state index contributed by atoms with van der Waals surface area (Å²) in [5.41, 5.74) is 0.720. The van der Waals surface area contributed by atoms with Gasteiger partial charge in [-0.3, -0.25) is 4.79 Å². The van der Waals surface area contributed by atoms with Crippen LogP contribution >= 0.6 is 0 Å². The second kappa shape index (κ2) is 4.25. The minimum Gasteiger partial charge on any atom is -0.375 e. The highest BCUT2D eigenvalue weighted by atomic mass is 16.5. The van der Waals surface area contributed by atoms with Crippen LogP contribution in [0.4, 0.5) is 0 Å². The standard InChI is InChI=1S/C11H16N2O3/c1-7-4-10(16-12-7)11(14)13-5-9(3)15-6-8(13)2/h4,8-9H,5-6H2,1-3H3. The number of carbonyl (C=O) groups excluding carboxylic acids is 1. The van der Waals surface area contributed by atoms with E-state index in [0.717, 1.165) is 5.69 Å². The Morgan fingerprint density at radius 3 is 2.94 bits per heavy atom. The van der Waals surface area contributed by atoms with Crippen LogP contribution < -0.4 is 0 Å². The van der Waals surface area contributed by atoms with E-state index in [4.69, 9.17) is 9.26 Å². The fourth-order valence-electron chi connectivity index (χ4n) is 1.79. The molecule has 2 unspecified atom stereocenters. The molecule has 1 aromatic heterocycles. The first-order valence-corrected chi connectivity index (χ1v) is 5.44. The summed E-state index contributed by atoms with van der Waals surface area (Å²) < 4.78 is 10.5. The van der Waals surface area contributed by atoms with E-state index in [1.807, 2.05) is 13.8 Å². The van der Waals surface area contributed by atoms with Gasteiger partial charge in [0.15, 0.2) is 0 Å². The van der Waals surface area contributed by atoms with Gasteiger partial charge in [-0.1, -0.05) is 5.16 Å². The molecule has 2 rings (SSSR count). The van der Waals surface area contributed by atoms with Crippen LogP contribution in [0.3, 0.4) is 0 Å². The molecule has 16 heavy (non-hydrogen) atoms. The molecule has 0 aromatic carbocycles. The quantitative estimate of drug-likeness (QED) is 0.720. The molecule has 1 fully saturated rings. The summed E-state index contributed by atoms with van der Waals surface area (Å²) >= 11 is 0. The number of morpholine rings is 1. The van der Waals surface area contributed by atoms with Gasteiger partial charge < -0.3 is 14.2 Å². The molecule has 1 aliphatic rings. The fourth-order valence-corrected chi connectivity index (χ4v) is 1.79. The molecular formula is C11H16N2O3. The van der Waals surface area contributed by atoms with Crippen molar-refractivity contribution in [1.82, 2.24) is 10.1 Å². The van der Waals surface area contributed by atoms with Crippen molar-refractivity contribution in [3.63, 3.8) is 0 Å². The molecular weight excluding hydrogens is 208 g/mol. The molecule has 0 aliphatic carbocycles. The second-order valence-electron chi connectivity index (χ2n) is 4.28. The predicted molar refractivity (Wildman–Crippen MR) is 57.2 cm³/mol. The monoisotopic (exact) mass is 224 g/mol. The van der Waals surface area contributed by atoms with Crippen LogP contribution in [0.2, 0.25) is 0 Å². The highest BCUT2D eigenvalue weighted by Crippen LogP contribution is 2.15. The van der Waals surface area contributed by atoms with Crippen LogP contribution in [-0.2, 0) is 4.74 Å². The van der Waals surface area contributed by atoms with Crippen molar-refractivity contribution in [2.45, 2.75) is 32.9 Å². The summed E-state index contributed by atoms with van der Waals surface area (Å²) in [5.74, 6) is 0.196. The Kier molecular flexibility index (Phi) is 2.96. The maximum atomic E-state index is 12.1. The van der Waals surface area contributed by atoms with Crippen molar-refractivity contribution in [1.29, 1.82) is 0 Å². The lowest BCUT2D eigenvalue weighted by Gasteiger charge is -2.36. The number of aryl methyl sites for hydroxylation is 1. The number of aromatic nitrogens is 1. The summed E-state index contributed by atoms with van der Waals surface area (Å²) in [6.45, 7) is 6.89. The lowest BCUT2D eigenvalue weighted by molar-refractivity contribution is -0.0398. The van der Waals surface area contributed by atoms with Gasteiger partial charge in [0.2, 0.25) is 5.76 Å². The third-order valence-corrected chi connectivity index (χ3v) is 2.71. The molecule has 5 heteroatoms. The van der Waals surface area contributed by atoms with E-state index in [2.05, 4.69) is 5.16 Å². The van der Waals surface area contributed by atoms with Gasteiger partial charge in [-0.2, -0.15) is 0 Å². The maximum absolute atomic E-state index is 12.1. The van der Waals surface area contributed by atoms with Crippen molar-refractivity contribution in [3.8, 4) is 0 Å². The summed E-state index contributed by atoms with van der Waals surface area (Å²) in [4.78, 5) is 13.9. The van der Waals surface area contributed by atoms with Crippen molar-refractivity contribution in [3.05, 3.63) is 17.5 Å². The highest BCUT2D eigenvalue weighted by molar-refractivity contribution is 5.91. The molecule has 0 spiro atoms. The van der Waals surface area contributed by atoms with Gasteiger partial charge in [0.25, 0.3) is 5.91 Å². The Hall–Kier alpha value is -1.36. The molecule has 1 saturated heterocycles. The molecule has 0 saturated carbocycles. The molecule has 0 bridgehead atoms. The number of ether oxygens (including phenoxy) is 1. The molecule has 1 aliphatic heterocycles. The zero-order valence-electron chi connectivity index (χ0n) is 9.77. The SMILES string of the molecule is Cc1cc(C(=O)N2CC(C)OCC2C)on1. The van der Waals surface area contributed by atoms with Crippen molar-refractivity contribution >= 4 is 5.91 Å². The fraction of sp³-hybridized carbons (Fsp3) is 0.636. The minimum absolute atomic E-state index is 0.0733. The van der Waals surface area contributed by atoms with Crippen molar-refractivity contribution in [2.24, 2.45) is 0 Å². The largest absolute Gasteiger partial charge is 0.375 e. The Bertz CT molecular complexity index is 388. The predicted octanol–water partition coefficient (Wildman–Crippen LogP) is 1.23. The molecule has 2 heterocycles. The number of rotatable bonds is 1. The van der Waals surface area contributed by atoms with Crippen LogP contribution in [0, 0.1) is 6.92 Å². The molecule has 1 amide bonds. The highest BCUT2D eigenvalue weighted by Gasteiger charge is 2.30. The summed E-state index contributed by atoms with van der Waals surface area (Å²) in [7, 11) is 0. The molecule has 88 valence electrons. The van der Waals surface area contributed by atoms with Gasteiger partial charge >= 0.3 is 0 Å². The number of nitrogens with zero attached hydrogens (tertiary/aromatic N) is 2.